The van der Waals surface area contributed by atoms with Crippen molar-refractivity contribution < 1.29 is 13.6 Å². The Kier molecular flexibility index (Phi) is 8.96. The van der Waals surface area contributed by atoms with Crippen molar-refractivity contribution in [3.05, 3.63) is 102 Å². The zero-order valence-corrected chi connectivity index (χ0v) is 28.4. The highest BCUT2D eigenvalue weighted by Crippen LogP contribution is 2.27. The molecule has 7 N–H and O–H groups in total. The lowest BCUT2D eigenvalue weighted by molar-refractivity contribution is 0.0943. The third-order valence-electron chi connectivity index (χ3n) is 7.83. The van der Waals surface area contributed by atoms with Crippen LogP contribution in [0.1, 0.15) is 40.9 Å². The second kappa shape index (κ2) is 14.0. The number of aryl methyl sites for hydroxylation is 1. The summed E-state index contributed by atoms with van der Waals surface area (Å²) in [6, 6.07) is 20.4. The Labute approximate surface area is 295 Å². The Hall–Kier alpha value is -7.17. The van der Waals surface area contributed by atoms with Crippen LogP contribution in [0.25, 0.3) is 45.2 Å². The lowest BCUT2D eigenvalue weighted by Crippen LogP contribution is -2.30. The van der Waals surface area contributed by atoms with Gasteiger partial charge in [0.15, 0.2) is 33.8 Å². The van der Waals surface area contributed by atoms with E-state index in [9.17, 15) is 4.79 Å². The number of carbonyl (C=O) groups excluding carboxylic acids is 1. The molecule has 0 spiro atoms. The first-order chi connectivity index (χ1) is 25.1. The van der Waals surface area contributed by atoms with Crippen molar-refractivity contribution in [2.24, 2.45) is 0 Å². The van der Waals surface area contributed by atoms with Crippen LogP contribution < -0.4 is 22.5 Å². The molecule has 0 unspecified atom stereocenters. The van der Waals surface area contributed by atoms with Gasteiger partial charge in [0.1, 0.15) is 11.4 Å². The molecule has 0 atom stereocenters. The number of anilines is 3. The van der Waals surface area contributed by atoms with Gasteiger partial charge in [-0.15, -0.1) is 10.2 Å². The van der Waals surface area contributed by atoms with Crippen molar-refractivity contribution in [2.45, 2.75) is 39.9 Å². The summed E-state index contributed by atoms with van der Waals surface area (Å²) in [6.07, 6.45) is 3.12. The number of nitrogens with two attached hydrogens (primary N) is 3. The van der Waals surface area contributed by atoms with Gasteiger partial charge in [-0.1, -0.05) is 40.3 Å². The van der Waals surface area contributed by atoms with E-state index in [-0.39, 0.29) is 23.8 Å². The van der Waals surface area contributed by atoms with E-state index in [0.717, 1.165) is 16.7 Å². The molecule has 52 heavy (non-hydrogen) atoms. The van der Waals surface area contributed by atoms with Gasteiger partial charge in [0, 0.05) is 17.3 Å². The zero-order valence-electron chi connectivity index (χ0n) is 28.4. The second-order valence-electron chi connectivity index (χ2n) is 12.2. The van der Waals surface area contributed by atoms with Crippen LogP contribution in [0.15, 0.2) is 88.1 Å². The highest BCUT2D eigenvalue weighted by molar-refractivity contribution is 5.94. The summed E-state index contributed by atoms with van der Waals surface area (Å²) in [6.45, 7) is 6.68. The van der Waals surface area contributed by atoms with Crippen LogP contribution in [0.4, 0.5) is 17.6 Å². The molecule has 8 rings (SSSR count). The number of nitrogen functional groups attached to an aromatic ring is 3. The average Bonchev–Trinajstić information content (AvgIpc) is 3.95. The largest absolute Gasteiger partial charge is 0.463 e. The Balaban J connectivity index is 0.000000164. The van der Waals surface area contributed by atoms with E-state index in [1.165, 1.54) is 0 Å². The summed E-state index contributed by atoms with van der Waals surface area (Å²) in [4.78, 5) is 29.3. The summed E-state index contributed by atoms with van der Waals surface area (Å²) in [5.74, 6) is 1.23. The predicted octanol–water partition coefficient (Wildman–Crippen LogP) is 4.25. The number of hydrogen-bond acceptors (Lipinski definition) is 14. The van der Waals surface area contributed by atoms with Crippen LogP contribution in [0, 0.1) is 6.92 Å². The molecule has 0 aliphatic carbocycles. The lowest BCUT2D eigenvalue weighted by atomic mass is 10.1. The highest BCUT2D eigenvalue weighted by Gasteiger charge is 2.19. The van der Waals surface area contributed by atoms with Gasteiger partial charge >= 0.3 is 0 Å². The van der Waals surface area contributed by atoms with Crippen LogP contribution >= 0.6 is 0 Å². The van der Waals surface area contributed by atoms with Crippen LogP contribution in [0.2, 0.25) is 0 Å². The molecule has 2 aromatic carbocycles. The first-order valence-corrected chi connectivity index (χ1v) is 16.2. The molecule has 17 nitrogen and oxygen atoms in total. The average molecular weight is 699 g/mol. The highest BCUT2D eigenvalue weighted by atomic mass is 16.3. The van der Waals surface area contributed by atoms with Gasteiger partial charge in [-0.25, -0.2) is 19.3 Å². The molecule has 0 radical (unpaired) electrons. The van der Waals surface area contributed by atoms with Crippen LogP contribution in [0.5, 0.6) is 0 Å². The second-order valence-corrected chi connectivity index (χ2v) is 12.2. The molecule has 0 aliphatic heterocycles. The molecule has 0 saturated heterocycles. The van der Waals surface area contributed by atoms with Gasteiger partial charge in [-0.3, -0.25) is 4.79 Å². The first kappa shape index (κ1) is 33.3. The molecule has 0 saturated carbocycles. The molecule has 0 aliphatic rings. The minimum atomic E-state index is -0.119. The number of amides is 1. The minimum absolute atomic E-state index is 0.0649. The number of nitrogens with one attached hydrogen (secondary N) is 1. The fourth-order valence-electron chi connectivity index (χ4n) is 5.49. The predicted molar refractivity (Wildman–Crippen MR) is 193 cm³/mol. The van der Waals surface area contributed by atoms with E-state index >= 15 is 0 Å². The smallest absolute Gasteiger partial charge is 0.251 e. The van der Waals surface area contributed by atoms with Gasteiger partial charge in [0.25, 0.3) is 5.91 Å². The van der Waals surface area contributed by atoms with Gasteiger partial charge in [0.05, 0.1) is 25.6 Å². The quantitative estimate of drug-likeness (QED) is 0.162. The van der Waals surface area contributed by atoms with E-state index in [2.05, 4.69) is 45.9 Å². The lowest BCUT2D eigenvalue weighted by Gasteiger charge is -2.09. The third kappa shape index (κ3) is 6.95. The SMILES string of the molecule is CC(C)NC(=O)c1cccc(Cn2nnc3c(-c4ccco4)nc(N)nc32)c1.Cc1ccc(N)c(Cn2nnc3c(-c4ccco4)nc(N)nc32)c1. The number of aromatic nitrogens is 10. The maximum absolute atomic E-state index is 12.2. The summed E-state index contributed by atoms with van der Waals surface area (Å²) in [5.41, 5.74) is 25.1. The molecular formula is C35H34N14O3. The number of benzene rings is 2. The summed E-state index contributed by atoms with van der Waals surface area (Å²) in [5, 5.41) is 19.7. The summed E-state index contributed by atoms with van der Waals surface area (Å²) < 4.78 is 14.1. The molecule has 6 aromatic heterocycles. The Morgan fingerprint density at radius 1 is 0.750 bits per heavy atom. The molecule has 262 valence electrons. The van der Waals surface area contributed by atoms with Gasteiger partial charge in [-0.05, 0) is 74.4 Å². The van der Waals surface area contributed by atoms with Crippen molar-refractivity contribution in [2.75, 3.05) is 17.2 Å². The Bertz CT molecular complexity index is 2500. The maximum Gasteiger partial charge on any atom is 0.251 e. The molecule has 1 amide bonds. The number of nitrogens with zero attached hydrogens (tertiary/aromatic N) is 10. The number of rotatable bonds is 8. The van der Waals surface area contributed by atoms with Crippen molar-refractivity contribution in [1.29, 1.82) is 0 Å². The molecular weight excluding hydrogens is 664 g/mol. The number of furan rings is 2. The topological polar surface area (TPSA) is 246 Å². The zero-order chi connectivity index (χ0) is 36.4. The number of carbonyl (C=O) groups is 1. The van der Waals surface area contributed by atoms with E-state index in [4.69, 9.17) is 26.0 Å². The monoisotopic (exact) mass is 698 g/mol. The fraction of sp³-hybridized carbons (Fsp3) is 0.171. The van der Waals surface area contributed by atoms with E-state index < -0.39 is 0 Å². The maximum atomic E-state index is 12.2. The molecule has 17 heteroatoms. The van der Waals surface area contributed by atoms with Crippen molar-refractivity contribution in [3.8, 4) is 22.9 Å². The number of hydrogen-bond donors (Lipinski definition) is 4. The van der Waals surface area contributed by atoms with Crippen molar-refractivity contribution in [1.82, 2.24) is 55.2 Å². The Morgan fingerprint density at radius 3 is 1.90 bits per heavy atom. The summed E-state index contributed by atoms with van der Waals surface area (Å²) in [7, 11) is 0. The van der Waals surface area contributed by atoms with Crippen molar-refractivity contribution >= 4 is 45.8 Å². The number of fused-ring (bicyclic) bond motifs is 2. The van der Waals surface area contributed by atoms with E-state index in [1.54, 1.807) is 52.2 Å². The van der Waals surface area contributed by atoms with Gasteiger partial charge in [0.2, 0.25) is 11.9 Å². The molecule has 0 fully saturated rings. The van der Waals surface area contributed by atoms with Gasteiger partial charge in [-0.2, -0.15) is 9.97 Å². The van der Waals surface area contributed by atoms with Crippen molar-refractivity contribution in [3.63, 3.8) is 0 Å². The fourth-order valence-corrected chi connectivity index (χ4v) is 5.49. The molecule has 8 aromatic rings. The minimum Gasteiger partial charge on any atom is -0.463 e. The Morgan fingerprint density at radius 2 is 1.35 bits per heavy atom. The van der Waals surface area contributed by atoms with Crippen LogP contribution in [0.3, 0.4) is 0 Å². The molecule has 0 bridgehead atoms. The van der Waals surface area contributed by atoms with Crippen LogP contribution in [-0.2, 0) is 13.1 Å². The normalized spacial score (nSPS) is 11.2. The first-order valence-electron chi connectivity index (χ1n) is 16.2. The van der Waals surface area contributed by atoms with Gasteiger partial charge < -0.3 is 31.4 Å². The van der Waals surface area contributed by atoms with E-state index in [0.29, 0.717) is 69.6 Å². The van der Waals surface area contributed by atoms with E-state index in [1.807, 2.05) is 57.2 Å². The van der Waals surface area contributed by atoms with Crippen LogP contribution in [-0.4, -0.2) is 61.9 Å². The third-order valence-corrected chi connectivity index (χ3v) is 7.83. The summed E-state index contributed by atoms with van der Waals surface area (Å²) >= 11 is 0. The standard InChI is InChI=1S/C19H19N7O2.C16H15N7O/c1-11(2)21-18(27)13-6-3-5-12(9-13)10-26-17-16(24-25-26)15(22-19(20)23-17)14-7-4-8-28-14;1-9-4-5-11(17)10(7-9)8-23-15-14(21-22-23)13(19-16(18)20-15)12-3-2-6-24-12/h3-9,11H,10H2,1-2H3,(H,21,27)(H2,20,22,23);2-7H,8,17H2,1H3,(H2,18,19,20). The molecule has 6 heterocycles.